The lowest BCUT2D eigenvalue weighted by Gasteiger charge is -2.59. The molecule has 21 heavy (non-hydrogen) atoms. The molecule has 1 saturated heterocycles. The topological polar surface area (TPSA) is 12.5 Å². The van der Waals surface area contributed by atoms with Gasteiger partial charge in [-0.2, -0.15) is 0 Å². The van der Waals surface area contributed by atoms with Crippen LogP contribution in [0.4, 0.5) is 0 Å². The van der Waals surface area contributed by atoms with E-state index in [0.717, 1.165) is 17.8 Å². The average molecular weight is 288 g/mol. The second kappa shape index (κ2) is 4.85. The Labute approximate surface area is 130 Å². The molecule has 0 amide bonds. The zero-order valence-electron chi connectivity index (χ0n) is 14.0. The van der Waals surface area contributed by atoms with Crippen LogP contribution in [0, 0.1) is 23.2 Å². The normalized spacial score (nSPS) is 51.0. The maximum atomic E-state index is 6.01. The van der Waals surface area contributed by atoms with Gasteiger partial charge in [0, 0.05) is 0 Å². The van der Waals surface area contributed by atoms with Gasteiger partial charge in [0.2, 0.25) is 0 Å². The van der Waals surface area contributed by atoms with E-state index in [1.165, 1.54) is 64.2 Å². The quantitative estimate of drug-likeness (QED) is 0.458. The summed E-state index contributed by atoms with van der Waals surface area (Å²) in [6.07, 6.45) is 14.5. The fourth-order valence-electron chi connectivity index (χ4n) is 6.08. The van der Waals surface area contributed by atoms with E-state index in [9.17, 15) is 0 Å². The van der Waals surface area contributed by atoms with Crippen LogP contribution >= 0.6 is 0 Å². The highest BCUT2D eigenvalue weighted by molar-refractivity contribution is 5.18. The van der Waals surface area contributed by atoms with Gasteiger partial charge in [0.15, 0.2) is 0 Å². The minimum atomic E-state index is 0.220. The van der Waals surface area contributed by atoms with E-state index in [2.05, 4.69) is 20.4 Å². The number of allylic oxidation sites excluding steroid dienone is 1. The smallest absolute Gasteiger partial charge is 0.0920 e. The van der Waals surface area contributed by atoms with Crippen LogP contribution in [-0.4, -0.2) is 11.7 Å². The lowest BCUT2D eigenvalue weighted by molar-refractivity contribution is -0.0796. The third-order valence-corrected chi connectivity index (χ3v) is 7.77. The maximum Gasteiger partial charge on any atom is 0.0920 e. The van der Waals surface area contributed by atoms with Gasteiger partial charge in [0.05, 0.1) is 11.7 Å². The molecule has 3 aliphatic carbocycles. The molecule has 1 heterocycles. The van der Waals surface area contributed by atoms with Crippen molar-refractivity contribution in [2.24, 2.45) is 23.2 Å². The molecule has 0 aromatic carbocycles. The molecule has 0 radical (unpaired) electrons. The molecule has 4 aliphatic rings. The molecule has 1 heteroatoms. The van der Waals surface area contributed by atoms with Crippen LogP contribution in [0.1, 0.15) is 78.1 Å². The van der Waals surface area contributed by atoms with Gasteiger partial charge in [-0.1, -0.05) is 38.3 Å². The second-order valence-electron chi connectivity index (χ2n) is 8.91. The van der Waals surface area contributed by atoms with Crippen LogP contribution in [0.15, 0.2) is 12.2 Å². The molecule has 0 aromatic rings. The summed E-state index contributed by atoms with van der Waals surface area (Å²) < 4.78 is 6.01. The van der Waals surface area contributed by atoms with Crippen molar-refractivity contribution in [3.8, 4) is 0 Å². The lowest BCUT2D eigenvalue weighted by atomic mass is 9.45. The number of hydrogen-bond donors (Lipinski definition) is 0. The van der Waals surface area contributed by atoms with E-state index >= 15 is 0 Å². The fourth-order valence-corrected chi connectivity index (χ4v) is 6.08. The van der Waals surface area contributed by atoms with E-state index in [1.54, 1.807) is 5.57 Å². The SMILES string of the molecule is C=C1CC[C@@H]2O[C@]2(C)CC[C@@H]2[C@@H]1C[C@@]2(C)C1CCCCC1. The van der Waals surface area contributed by atoms with Crippen molar-refractivity contribution in [2.45, 2.75) is 89.8 Å². The lowest BCUT2D eigenvalue weighted by Crippen LogP contribution is -2.51. The Kier molecular flexibility index (Phi) is 3.30. The molecule has 0 aromatic heterocycles. The van der Waals surface area contributed by atoms with Crippen LogP contribution < -0.4 is 0 Å². The van der Waals surface area contributed by atoms with Crippen LogP contribution in [0.2, 0.25) is 0 Å². The zero-order chi connectivity index (χ0) is 14.7. The maximum absolute atomic E-state index is 6.01. The Morgan fingerprint density at radius 3 is 2.57 bits per heavy atom. The average Bonchev–Trinajstić information content (AvgIpc) is 3.12. The summed E-state index contributed by atoms with van der Waals surface area (Å²) in [6.45, 7) is 9.43. The molecule has 1 nitrogen and oxygen atoms in total. The van der Waals surface area contributed by atoms with Gasteiger partial charge in [-0.3, -0.25) is 0 Å². The first-order valence-electron chi connectivity index (χ1n) is 9.38. The molecule has 0 bridgehead atoms. The van der Waals surface area contributed by atoms with Gasteiger partial charge in [0.25, 0.3) is 0 Å². The summed E-state index contributed by atoms with van der Waals surface area (Å²) >= 11 is 0. The van der Waals surface area contributed by atoms with Crippen LogP contribution in [0.5, 0.6) is 0 Å². The third-order valence-electron chi connectivity index (χ3n) is 7.77. The number of epoxide rings is 1. The Balaban J connectivity index is 1.52. The molecule has 0 N–H and O–H groups in total. The standard InChI is InChI=1S/C20H32O/c1-14-9-10-18-20(3,21-18)12-11-17-16(14)13-19(17,2)15-7-5-4-6-8-15/h15-18H,1,4-13H2,2-3H3/t16-,17-,18+,19+,20-/m1/s1. The monoisotopic (exact) mass is 288 g/mol. The summed E-state index contributed by atoms with van der Waals surface area (Å²) in [5.74, 6) is 2.72. The zero-order valence-corrected chi connectivity index (χ0v) is 14.0. The Bertz CT molecular complexity index is 435. The molecule has 3 saturated carbocycles. The predicted octanol–water partition coefficient (Wildman–Crippen LogP) is 5.50. The summed E-state index contributed by atoms with van der Waals surface area (Å²) in [4.78, 5) is 0. The number of fused-ring (bicyclic) bond motifs is 2. The van der Waals surface area contributed by atoms with E-state index in [4.69, 9.17) is 4.74 Å². The minimum Gasteiger partial charge on any atom is -0.366 e. The van der Waals surface area contributed by atoms with Crippen molar-refractivity contribution in [2.75, 3.05) is 0 Å². The molecule has 4 rings (SSSR count). The summed E-state index contributed by atoms with van der Waals surface area (Å²) in [7, 11) is 0. The van der Waals surface area contributed by atoms with Gasteiger partial charge in [0.1, 0.15) is 0 Å². The van der Waals surface area contributed by atoms with Crippen molar-refractivity contribution in [3.63, 3.8) is 0 Å². The van der Waals surface area contributed by atoms with Gasteiger partial charge in [-0.15, -0.1) is 0 Å². The van der Waals surface area contributed by atoms with Gasteiger partial charge in [-0.25, -0.2) is 0 Å². The molecule has 0 spiro atoms. The highest BCUT2D eigenvalue weighted by Crippen LogP contribution is 2.64. The summed E-state index contributed by atoms with van der Waals surface area (Å²) in [6, 6.07) is 0. The van der Waals surface area contributed by atoms with Crippen LogP contribution in [0.25, 0.3) is 0 Å². The molecular formula is C20H32O. The van der Waals surface area contributed by atoms with E-state index in [-0.39, 0.29) is 5.60 Å². The van der Waals surface area contributed by atoms with Crippen molar-refractivity contribution in [3.05, 3.63) is 12.2 Å². The van der Waals surface area contributed by atoms with Gasteiger partial charge >= 0.3 is 0 Å². The van der Waals surface area contributed by atoms with Gasteiger partial charge < -0.3 is 4.74 Å². The van der Waals surface area contributed by atoms with Crippen LogP contribution in [0.3, 0.4) is 0 Å². The number of rotatable bonds is 1. The molecular weight excluding hydrogens is 256 g/mol. The highest BCUT2D eigenvalue weighted by atomic mass is 16.6. The van der Waals surface area contributed by atoms with Crippen molar-refractivity contribution >= 4 is 0 Å². The van der Waals surface area contributed by atoms with Crippen molar-refractivity contribution < 1.29 is 4.74 Å². The van der Waals surface area contributed by atoms with Crippen molar-refractivity contribution in [1.82, 2.24) is 0 Å². The highest BCUT2D eigenvalue weighted by Gasteiger charge is 2.58. The van der Waals surface area contributed by atoms with E-state index in [1.807, 2.05) is 0 Å². The molecule has 118 valence electrons. The molecule has 4 fully saturated rings. The van der Waals surface area contributed by atoms with Crippen LogP contribution in [-0.2, 0) is 4.74 Å². The molecule has 5 atom stereocenters. The number of ether oxygens (including phenoxy) is 1. The first-order chi connectivity index (χ1) is 10.0. The Morgan fingerprint density at radius 2 is 1.81 bits per heavy atom. The Morgan fingerprint density at radius 1 is 1.05 bits per heavy atom. The summed E-state index contributed by atoms with van der Waals surface area (Å²) in [5, 5.41) is 0. The fraction of sp³-hybridized carbons (Fsp3) is 0.900. The Hall–Kier alpha value is -0.300. The molecule has 1 aliphatic heterocycles. The first kappa shape index (κ1) is 14.3. The predicted molar refractivity (Wildman–Crippen MR) is 87.2 cm³/mol. The van der Waals surface area contributed by atoms with Gasteiger partial charge in [-0.05, 0) is 75.0 Å². The minimum absolute atomic E-state index is 0.220. The number of hydrogen-bond acceptors (Lipinski definition) is 1. The second-order valence-corrected chi connectivity index (χ2v) is 8.91. The van der Waals surface area contributed by atoms with Crippen molar-refractivity contribution in [1.29, 1.82) is 0 Å². The first-order valence-corrected chi connectivity index (χ1v) is 9.38. The largest absolute Gasteiger partial charge is 0.366 e. The van der Waals surface area contributed by atoms with E-state index in [0.29, 0.717) is 11.5 Å². The summed E-state index contributed by atoms with van der Waals surface area (Å²) in [5.41, 5.74) is 2.38. The van der Waals surface area contributed by atoms with E-state index < -0.39 is 0 Å². The molecule has 0 unspecified atom stereocenters. The third kappa shape index (κ3) is 2.22.